The Kier molecular flexibility index (Phi) is 10.7. The first-order chi connectivity index (χ1) is 19.1. The summed E-state index contributed by atoms with van der Waals surface area (Å²) in [6, 6.07) is 6.76. The topological polar surface area (TPSA) is 181 Å². The predicted molar refractivity (Wildman–Crippen MR) is 136 cm³/mol. The van der Waals surface area contributed by atoms with Gasteiger partial charge in [0, 0.05) is 11.3 Å². The van der Waals surface area contributed by atoms with E-state index in [4.69, 9.17) is 14.6 Å². The van der Waals surface area contributed by atoms with Gasteiger partial charge in [-0.2, -0.15) is 23.4 Å². The molecule has 0 spiro atoms. The highest BCUT2D eigenvalue weighted by atomic mass is 19.4. The number of carbonyl (C=O) groups is 3. The standard InChI is InChI=1S/C25H23F3N4O9/c1-14(2)23(36)40-10-8-31(9-11-41-24(37)15(3)33)18-6-4-16(5-7-18)29-30-17-12-19(22(34)35)21(32(38)39)20(13-17)25(26,27)28/h4-7,12-13,33H,1,3,8-11H2,2H3,(H,34,35). The summed E-state index contributed by atoms with van der Waals surface area (Å²) in [6.07, 6.45) is -5.24. The number of anilines is 1. The molecule has 0 aliphatic heterocycles. The Morgan fingerprint density at radius 1 is 0.976 bits per heavy atom. The van der Waals surface area contributed by atoms with Crippen molar-refractivity contribution < 1.29 is 52.2 Å². The van der Waals surface area contributed by atoms with Crippen molar-refractivity contribution in [3.63, 3.8) is 0 Å². The quantitative estimate of drug-likeness (QED) is 0.0791. The van der Waals surface area contributed by atoms with Crippen molar-refractivity contribution >= 4 is 40.7 Å². The molecule has 0 fully saturated rings. The van der Waals surface area contributed by atoms with Crippen LogP contribution in [0.4, 0.5) is 35.9 Å². The number of rotatable bonds is 13. The molecule has 0 aromatic heterocycles. The van der Waals surface area contributed by atoms with Gasteiger partial charge in [-0.25, -0.2) is 14.4 Å². The molecule has 2 aromatic rings. The van der Waals surface area contributed by atoms with Crippen LogP contribution >= 0.6 is 0 Å². The van der Waals surface area contributed by atoms with Crippen LogP contribution in [0.15, 0.2) is 71.1 Å². The van der Waals surface area contributed by atoms with Gasteiger partial charge in [-0.15, -0.1) is 0 Å². The summed E-state index contributed by atoms with van der Waals surface area (Å²) in [7, 11) is 0. The van der Waals surface area contributed by atoms with Gasteiger partial charge < -0.3 is 24.6 Å². The predicted octanol–water partition coefficient (Wildman–Crippen LogP) is 5.27. The molecule has 0 atom stereocenters. The van der Waals surface area contributed by atoms with Gasteiger partial charge in [0.1, 0.15) is 24.3 Å². The minimum Gasteiger partial charge on any atom is -0.502 e. The number of benzene rings is 2. The molecule has 2 rings (SSSR count). The molecule has 13 nitrogen and oxygen atoms in total. The van der Waals surface area contributed by atoms with Crippen LogP contribution in [0, 0.1) is 10.1 Å². The average molecular weight is 580 g/mol. The highest BCUT2D eigenvalue weighted by Crippen LogP contribution is 2.41. The lowest BCUT2D eigenvalue weighted by molar-refractivity contribution is -0.388. The summed E-state index contributed by atoms with van der Waals surface area (Å²) < 4.78 is 50.2. The monoisotopic (exact) mass is 580 g/mol. The van der Waals surface area contributed by atoms with Crippen LogP contribution in [0.3, 0.4) is 0 Å². The number of ether oxygens (including phenoxy) is 2. The van der Waals surface area contributed by atoms with Gasteiger partial charge in [0.25, 0.3) is 5.69 Å². The summed E-state index contributed by atoms with van der Waals surface area (Å²) in [5, 5.41) is 36.8. The summed E-state index contributed by atoms with van der Waals surface area (Å²) >= 11 is 0. The van der Waals surface area contributed by atoms with Gasteiger partial charge in [-0.3, -0.25) is 10.1 Å². The molecule has 0 aliphatic rings. The van der Waals surface area contributed by atoms with Gasteiger partial charge in [0.15, 0.2) is 5.76 Å². The molecule has 0 saturated carbocycles. The number of nitro groups is 1. The third-order valence-corrected chi connectivity index (χ3v) is 5.08. The average Bonchev–Trinajstić information content (AvgIpc) is 2.89. The van der Waals surface area contributed by atoms with Crippen LogP contribution in [-0.4, -0.2) is 59.3 Å². The van der Waals surface area contributed by atoms with Crippen LogP contribution in [0.2, 0.25) is 0 Å². The van der Waals surface area contributed by atoms with Gasteiger partial charge in [0.05, 0.1) is 29.4 Å². The van der Waals surface area contributed by atoms with Crippen molar-refractivity contribution in [1.29, 1.82) is 0 Å². The minimum atomic E-state index is -5.24. The van der Waals surface area contributed by atoms with E-state index >= 15 is 0 Å². The molecule has 218 valence electrons. The Bertz CT molecular complexity index is 1360. The number of carboxylic acids is 1. The molecule has 16 heteroatoms. The summed E-state index contributed by atoms with van der Waals surface area (Å²) in [5.41, 5.74) is -4.38. The normalized spacial score (nSPS) is 11.1. The molecule has 0 unspecified atom stereocenters. The second-order valence-electron chi connectivity index (χ2n) is 8.15. The molecule has 0 bridgehead atoms. The van der Waals surface area contributed by atoms with E-state index < -0.39 is 57.3 Å². The van der Waals surface area contributed by atoms with Gasteiger partial charge in [-0.05, 0) is 49.9 Å². The number of nitrogens with zero attached hydrogens (tertiary/aromatic N) is 4. The van der Waals surface area contributed by atoms with Crippen LogP contribution < -0.4 is 4.90 Å². The Hall–Kier alpha value is -5.28. The number of azo groups is 1. The lowest BCUT2D eigenvalue weighted by atomic mass is 10.1. The number of aliphatic hydroxyl groups is 1. The number of aliphatic hydroxyl groups excluding tert-OH is 1. The lowest BCUT2D eigenvalue weighted by Crippen LogP contribution is -2.32. The Balaban J connectivity index is 2.30. The Labute approximate surface area is 230 Å². The largest absolute Gasteiger partial charge is 0.502 e. The van der Waals surface area contributed by atoms with Crippen molar-refractivity contribution in [3.8, 4) is 0 Å². The van der Waals surface area contributed by atoms with E-state index in [1.807, 2.05) is 0 Å². The van der Waals surface area contributed by atoms with E-state index in [1.165, 1.54) is 31.2 Å². The van der Waals surface area contributed by atoms with Crippen molar-refractivity contribution in [2.75, 3.05) is 31.2 Å². The van der Waals surface area contributed by atoms with E-state index in [2.05, 4.69) is 23.4 Å². The first kappa shape index (κ1) is 31.9. The van der Waals surface area contributed by atoms with Crippen molar-refractivity contribution in [2.45, 2.75) is 13.1 Å². The molecule has 0 amide bonds. The molecule has 41 heavy (non-hydrogen) atoms. The fourth-order valence-electron chi connectivity index (χ4n) is 3.17. The van der Waals surface area contributed by atoms with Crippen LogP contribution in [0.5, 0.6) is 0 Å². The van der Waals surface area contributed by atoms with Crippen LogP contribution in [-0.2, 0) is 25.2 Å². The third kappa shape index (κ3) is 9.15. The van der Waals surface area contributed by atoms with Gasteiger partial charge in [-0.1, -0.05) is 6.58 Å². The highest BCUT2D eigenvalue weighted by molar-refractivity contribution is 5.94. The fraction of sp³-hybridized carbons (Fsp3) is 0.240. The number of esters is 2. The zero-order valence-electron chi connectivity index (χ0n) is 21.4. The second-order valence-corrected chi connectivity index (χ2v) is 8.15. The third-order valence-electron chi connectivity index (χ3n) is 5.08. The minimum absolute atomic E-state index is 0.0681. The Morgan fingerprint density at radius 2 is 1.51 bits per heavy atom. The van der Waals surface area contributed by atoms with Gasteiger partial charge in [0.2, 0.25) is 0 Å². The number of alkyl halides is 3. The maximum Gasteiger partial charge on any atom is 0.423 e. The zero-order chi connectivity index (χ0) is 30.9. The van der Waals surface area contributed by atoms with Crippen molar-refractivity contribution in [1.82, 2.24) is 0 Å². The number of hydrogen-bond acceptors (Lipinski definition) is 11. The number of aromatic carboxylic acids is 1. The maximum atomic E-state index is 13.4. The smallest absolute Gasteiger partial charge is 0.423 e. The summed E-state index contributed by atoms with van der Waals surface area (Å²) in [5.74, 6) is -4.38. The summed E-state index contributed by atoms with van der Waals surface area (Å²) in [4.78, 5) is 45.9. The van der Waals surface area contributed by atoms with Crippen molar-refractivity contribution in [3.05, 3.63) is 82.1 Å². The highest BCUT2D eigenvalue weighted by Gasteiger charge is 2.41. The Morgan fingerprint density at radius 3 is 1.98 bits per heavy atom. The number of nitro benzene ring substituents is 1. The molecule has 2 aromatic carbocycles. The zero-order valence-corrected chi connectivity index (χ0v) is 21.4. The number of carboxylic acid groups (broad SMARTS) is 1. The number of hydrogen-bond donors (Lipinski definition) is 2. The number of carbonyl (C=O) groups excluding carboxylic acids is 2. The molecule has 0 radical (unpaired) electrons. The fourth-order valence-corrected chi connectivity index (χ4v) is 3.17. The van der Waals surface area contributed by atoms with E-state index in [1.54, 1.807) is 4.90 Å². The maximum absolute atomic E-state index is 13.4. The SMILES string of the molecule is C=C(C)C(=O)OCCN(CCOC(=O)C(=C)O)c1ccc(N=Nc2cc(C(=O)O)c([N+](=O)[O-])c(C(F)(F)F)c2)cc1. The summed E-state index contributed by atoms with van der Waals surface area (Å²) in [6.45, 7) is 7.98. The molecule has 0 saturated heterocycles. The van der Waals surface area contributed by atoms with E-state index in [0.717, 1.165) is 0 Å². The first-order valence-electron chi connectivity index (χ1n) is 11.4. The molecule has 0 aliphatic carbocycles. The van der Waals surface area contributed by atoms with E-state index in [0.29, 0.717) is 17.8 Å². The molecular weight excluding hydrogens is 557 g/mol. The lowest BCUT2D eigenvalue weighted by Gasteiger charge is -2.24. The van der Waals surface area contributed by atoms with E-state index in [9.17, 15) is 42.8 Å². The van der Waals surface area contributed by atoms with E-state index in [-0.39, 0.29) is 37.6 Å². The number of halogens is 3. The molecule has 2 N–H and O–H groups in total. The molecular formula is C25H23F3N4O9. The first-order valence-corrected chi connectivity index (χ1v) is 11.4. The van der Waals surface area contributed by atoms with Crippen LogP contribution in [0.25, 0.3) is 0 Å². The second kappa shape index (κ2) is 13.7. The molecule has 0 heterocycles. The van der Waals surface area contributed by atoms with Crippen molar-refractivity contribution in [2.24, 2.45) is 10.2 Å². The van der Waals surface area contributed by atoms with Crippen LogP contribution in [0.1, 0.15) is 22.8 Å². The van der Waals surface area contributed by atoms with Gasteiger partial charge >= 0.3 is 24.1 Å².